The summed E-state index contributed by atoms with van der Waals surface area (Å²) in [6.07, 6.45) is -3.45. The number of rotatable bonds is 4. The topological polar surface area (TPSA) is 87.3 Å². The average Bonchev–Trinajstić information content (AvgIpc) is 2.49. The molecular weight excluding hydrogens is 371 g/mol. The third kappa shape index (κ3) is 5.66. The van der Waals surface area contributed by atoms with Crippen molar-refractivity contribution in [1.29, 1.82) is 0 Å². The SMILES string of the molecule is Cc1ccc(NC(=O)Nc2ccc(C(F)(F)F)cc2)cc1NS(C)(=O)=O. The zero-order valence-electron chi connectivity index (χ0n) is 13.8. The molecule has 0 unspecified atom stereocenters. The highest BCUT2D eigenvalue weighted by Crippen LogP contribution is 2.29. The van der Waals surface area contributed by atoms with E-state index in [4.69, 9.17) is 0 Å². The van der Waals surface area contributed by atoms with E-state index < -0.39 is 27.8 Å². The number of amides is 2. The Morgan fingerprint density at radius 1 is 0.962 bits per heavy atom. The van der Waals surface area contributed by atoms with Gasteiger partial charge in [-0.15, -0.1) is 0 Å². The lowest BCUT2D eigenvalue weighted by Gasteiger charge is -2.12. The van der Waals surface area contributed by atoms with Crippen LogP contribution in [-0.4, -0.2) is 20.7 Å². The van der Waals surface area contributed by atoms with Gasteiger partial charge in [-0.1, -0.05) is 6.07 Å². The minimum absolute atomic E-state index is 0.178. The van der Waals surface area contributed by atoms with Crippen LogP contribution < -0.4 is 15.4 Å². The molecule has 0 fully saturated rings. The first kappa shape index (κ1) is 19.6. The molecule has 0 saturated carbocycles. The van der Waals surface area contributed by atoms with Crippen molar-refractivity contribution in [3.8, 4) is 0 Å². The van der Waals surface area contributed by atoms with Crippen LogP contribution in [0.5, 0.6) is 0 Å². The molecule has 2 rings (SSSR count). The van der Waals surface area contributed by atoms with Crippen molar-refractivity contribution in [2.45, 2.75) is 13.1 Å². The third-order valence-electron chi connectivity index (χ3n) is 3.26. The van der Waals surface area contributed by atoms with Crippen LogP contribution in [0.2, 0.25) is 0 Å². The van der Waals surface area contributed by atoms with E-state index >= 15 is 0 Å². The molecule has 0 bridgehead atoms. The molecule has 0 atom stereocenters. The maximum atomic E-state index is 12.5. The number of hydrogen-bond donors (Lipinski definition) is 3. The van der Waals surface area contributed by atoms with Crippen LogP contribution in [0.15, 0.2) is 42.5 Å². The van der Waals surface area contributed by atoms with Gasteiger partial charge >= 0.3 is 12.2 Å². The van der Waals surface area contributed by atoms with Crippen molar-refractivity contribution in [3.05, 3.63) is 53.6 Å². The minimum Gasteiger partial charge on any atom is -0.308 e. The zero-order valence-corrected chi connectivity index (χ0v) is 14.6. The Morgan fingerprint density at radius 3 is 2.04 bits per heavy atom. The van der Waals surface area contributed by atoms with E-state index in [2.05, 4.69) is 15.4 Å². The first-order chi connectivity index (χ1) is 11.9. The molecule has 0 aliphatic heterocycles. The van der Waals surface area contributed by atoms with Gasteiger partial charge < -0.3 is 10.6 Å². The van der Waals surface area contributed by atoms with Gasteiger partial charge in [0.2, 0.25) is 10.0 Å². The molecule has 10 heteroatoms. The normalized spacial score (nSPS) is 11.7. The van der Waals surface area contributed by atoms with Crippen molar-refractivity contribution in [1.82, 2.24) is 0 Å². The van der Waals surface area contributed by atoms with Gasteiger partial charge in [-0.05, 0) is 48.9 Å². The second kappa shape index (κ2) is 7.24. The van der Waals surface area contributed by atoms with Crippen molar-refractivity contribution in [2.24, 2.45) is 0 Å². The first-order valence-electron chi connectivity index (χ1n) is 7.28. The maximum Gasteiger partial charge on any atom is 0.416 e. The summed E-state index contributed by atoms with van der Waals surface area (Å²) in [7, 11) is -3.48. The lowest BCUT2D eigenvalue weighted by atomic mass is 10.2. The highest BCUT2D eigenvalue weighted by atomic mass is 32.2. The van der Waals surface area contributed by atoms with Crippen molar-refractivity contribution in [2.75, 3.05) is 21.6 Å². The lowest BCUT2D eigenvalue weighted by Crippen LogP contribution is -2.20. The molecule has 26 heavy (non-hydrogen) atoms. The van der Waals surface area contributed by atoms with Crippen molar-refractivity contribution >= 4 is 33.1 Å². The Labute approximate surface area is 148 Å². The Hall–Kier alpha value is -2.75. The van der Waals surface area contributed by atoms with Gasteiger partial charge in [0.15, 0.2) is 0 Å². The molecule has 0 heterocycles. The number of aryl methyl sites for hydroxylation is 1. The van der Waals surface area contributed by atoms with Crippen LogP contribution in [0, 0.1) is 6.92 Å². The summed E-state index contributed by atoms with van der Waals surface area (Å²) < 4.78 is 62.5. The number of alkyl halides is 3. The molecule has 2 aromatic carbocycles. The number of nitrogens with one attached hydrogen (secondary N) is 3. The first-order valence-corrected chi connectivity index (χ1v) is 9.17. The second-order valence-corrected chi connectivity index (χ2v) is 7.31. The number of carbonyl (C=O) groups excluding carboxylic acids is 1. The van der Waals surface area contributed by atoms with Crippen LogP contribution in [-0.2, 0) is 16.2 Å². The Balaban J connectivity index is 2.07. The number of benzene rings is 2. The second-order valence-electron chi connectivity index (χ2n) is 5.56. The van der Waals surface area contributed by atoms with Crippen LogP contribution in [0.25, 0.3) is 0 Å². The van der Waals surface area contributed by atoms with Crippen LogP contribution in [0.4, 0.5) is 35.0 Å². The predicted molar refractivity (Wildman–Crippen MR) is 93.7 cm³/mol. The van der Waals surface area contributed by atoms with Gasteiger partial charge in [-0.25, -0.2) is 13.2 Å². The van der Waals surface area contributed by atoms with E-state index in [9.17, 15) is 26.4 Å². The monoisotopic (exact) mass is 387 g/mol. The molecular formula is C16H16F3N3O3S. The molecule has 140 valence electrons. The highest BCUT2D eigenvalue weighted by molar-refractivity contribution is 7.92. The van der Waals surface area contributed by atoms with Gasteiger partial charge in [0.25, 0.3) is 0 Å². The summed E-state index contributed by atoms with van der Waals surface area (Å²) >= 11 is 0. The molecule has 0 aliphatic carbocycles. The maximum absolute atomic E-state index is 12.5. The Bertz CT molecular complexity index is 911. The molecule has 0 saturated heterocycles. The standard InChI is InChI=1S/C16H16F3N3O3S/c1-10-3-6-13(9-14(10)22-26(2,24)25)21-15(23)20-12-7-4-11(5-8-12)16(17,18)19/h3-9,22H,1-2H3,(H2,20,21,23). The fourth-order valence-electron chi connectivity index (χ4n) is 2.05. The summed E-state index contributed by atoms with van der Waals surface area (Å²) in [6.45, 7) is 1.69. The summed E-state index contributed by atoms with van der Waals surface area (Å²) in [4.78, 5) is 12.0. The van der Waals surface area contributed by atoms with E-state index in [1.165, 1.54) is 6.07 Å². The summed E-state index contributed by atoms with van der Waals surface area (Å²) in [6, 6.07) is 7.91. The lowest BCUT2D eigenvalue weighted by molar-refractivity contribution is -0.137. The van der Waals surface area contributed by atoms with Gasteiger partial charge in [-0.3, -0.25) is 4.72 Å². The van der Waals surface area contributed by atoms with Crippen LogP contribution in [0.3, 0.4) is 0 Å². The summed E-state index contributed by atoms with van der Waals surface area (Å²) in [5.74, 6) is 0. The van der Waals surface area contributed by atoms with Gasteiger partial charge in [0.1, 0.15) is 0 Å². The largest absolute Gasteiger partial charge is 0.416 e. The van der Waals surface area contributed by atoms with Crippen LogP contribution in [0.1, 0.15) is 11.1 Å². The number of halogens is 3. The Morgan fingerprint density at radius 2 is 1.50 bits per heavy atom. The minimum atomic E-state index is -4.45. The van der Waals surface area contributed by atoms with Crippen LogP contribution >= 0.6 is 0 Å². The highest BCUT2D eigenvalue weighted by Gasteiger charge is 2.29. The van der Waals surface area contributed by atoms with E-state index in [0.29, 0.717) is 16.9 Å². The molecule has 0 aliphatic rings. The van der Waals surface area contributed by atoms with E-state index in [1.54, 1.807) is 19.1 Å². The molecule has 0 radical (unpaired) electrons. The predicted octanol–water partition coefficient (Wildman–Crippen LogP) is 4.03. The Kier molecular flexibility index (Phi) is 5.45. The molecule has 2 aromatic rings. The molecule has 6 nitrogen and oxygen atoms in total. The van der Waals surface area contributed by atoms with E-state index in [1.807, 2.05) is 0 Å². The fourth-order valence-corrected chi connectivity index (χ4v) is 2.66. The average molecular weight is 387 g/mol. The summed E-state index contributed by atoms with van der Waals surface area (Å²) in [5.41, 5.74) is 0.630. The zero-order chi connectivity index (χ0) is 19.5. The molecule has 2 amide bonds. The van der Waals surface area contributed by atoms with Crippen molar-refractivity contribution < 1.29 is 26.4 Å². The smallest absolute Gasteiger partial charge is 0.308 e. The fraction of sp³-hybridized carbons (Fsp3) is 0.188. The quantitative estimate of drug-likeness (QED) is 0.740. The summed E-state index contributed by atoms with van der Waals surface area (Å²) in [5, 5.41) is 4.88. The molecule has 0 spiro atoms. The third-order valence-corrected chi connectivity index (χ3v) is 3.85. The van der Waals surface area contributed by atoms with Gasteiger partial charge in [-0.2, -0.15) is 13.2 Å². The number of hydrogen-bond acceptors (Lipinski definition) is 3. The number of carbonyl (C=O) groups is 1. The van der Waals surface area contributed by atoms with E-state index in [-0.39, 0.29) is 5.69 Å². The number of anilines is 3. The number of sulfonamides is 1. The van der Waals surface area contributed by atoms with Crippen molar-refractivity contribution in [3.63, 3.8) is 0 Å². The van der Waals surface area contributed by atoms with Gasteiger partial charge in [0, 0.05) is 11.4 Å². The number of urea groups is 1. The molecule has 3 N–H and O–H groups in total. The van der Waals surface area contributed by atoms with Gasteiger partial charge in [0.05, 0.1) is 17.5 Å². The van der Waals surface area contributed by atoms with E-state index in [0.717, 1.165) is 30.5 Å². The molecule has 0 aromatic heterocycles.